The number of rotatable bonds is 8. The number of aliphatic carboxylic acids is 1. The predicted molar refractivity (Wildman–Crippen MR) is 102 cm³/mol. The fourth-order valence-electron chi connectivity index (χ4n) is 2.86. The number of ether oxygens (including phenoxy) is 1. The first-order valence-corrected chi connectivity index (χ1v) is 9.11. The Labute approximate surface area is 162 Å². The van der Waals surface area contributed by atoms with Gasteiger partial charge in [0.25, 0.3) is 5.91 Å². The van der Waals surface area contributed by atoms with E-state index in [0.29, 0.717) is 17.1 Å². The third-order valence-electron chi connectivity index (χ3n) is 4.50. The van der Waals surface area contributed by atoms with Crippen molar-refractivity contribution in [2.24, 2.45) is 0 Å². The Morgan fingerprint density at radius 2 is 1.68 bits per heavy atom. The lowest BCUT2D eigenvalue weighted by atomic mass is 10.2. The van der Waals surface area contributed by atoms with Crippen LogP contribution in [0.2, 0.25) is 0 Å². The van der Waals surface area contributed by atoms with E-state index in [-0.39, 0.29) is 12.6 Å². The molecule has 0 aliphatic heterocycles. The number of hydrogen-bond donors (Lipinski definition) is 2. The average Bonchev–Trinajstić information content (AvgIpc) is 3.52. The van der Waals surface area contributed by atoms with Gasteiger partial charge in [0.1, 0.15) is 17.5 Å². The van der Waals surface area contributed by atoms with E-state index in [1.165, 1.54) is 11.8 Å². The van der Waals surface area contributed by atoms with Crippen LogP contribution in [0, 0.1) is 0 Å². The number of carbonyl (C=O) groups excluding carboxylic acids is 2. The van der Waals surface area contributed by atoms with Gasteiger partial charge in [0.15, 0.2) is 0 Å². The molecule has 1 atom stereocenters. The lowest BCUT2D eigenvalue weighted by Crippen LogP contribution is -2.48. The van der Waals surface area contributed by atoms with Crippen molar-refractivity contribution in [1.29, 1.82) is 0 Å². The first-order chi connectivity index (χ1) is 13.5. The van der Waals surface area contributed by atoms with E-state index in [1.54, 1.807) is 24.3 Å². The summed E-state index contributed by atoms with van der Waals surface area (Å²) in [6, 6.07) is 14.9. The normalized spacial score (nSPS) is 14.0. The van der Waals surface area contributed by atoms with Gasteiger partial charge in [-0.25, -0.2) is 4.79 Å². The van der Waals surface area contributed by atoms with Crippen LogP contribution in [0.4, 0.5) is 0 Å². The molecular weight excluding hydrogens is 360 g/mol. The van der Waals surface area contributed by atoms with E-state index < -0.39 is 23.8 Å². The Hall–Kier alpha value is -3.35. The number of amides is 2. The largest absolute Gasteiger partial charge is 0.480 e. The quantitative estimate of drug-likeness (QED) is 0.732. The van der Waals surface area contributed by atoms with Gasteiger partial charge in [-0.15, -0.1) is 0 Å². The molecule has 0 saturated heterocycles. The number of carboxylic acids is 1. The molecule has 2 amide bonds. The second-order valence-corrected chi connectivity index (χ2v) is 6.67. The average molecular weight is 382 g/mol. The molecule has 0 radical (unpaired) electrons. The topological polar surface area (TPSA) is 95.9 Å². The summed E-state index contributed by atoms with van der Waals surface area (Å²) in [6.45, 7) is 1.24. The van der Waals surface area contributed by atoms with Crippen LogP contribution >= 0.6 is 0 Å². The molecule has 1 aliphatic rings. The molecule has 1 fully saturated rings. The highest BCUT2D eigenvalue weighted by Crippen LogP contribution is 2.28. The summed E-state index contributed by atoms with van der Waals surface area (Å²) in [5.41, 5.74) is 0.387. The zero-order valence-corrected chi connectivity index (χ0v) is 15.5. The van der Waals surface area contributed by atoms with Crippen LogP contribution in [0.1, 0.15) is 30.1 Å². The first kappa shape index (κ1) is 19.4. The molecular formula is C21H22N2O5. The van der Waals surface area contributed by atoms with Crippen molar-refractivity contribution in [1.82, 2.24) is 10.2 Å². The van der Waals surface area contributed by atoms with Gasteiger partial charge in [-0.05, 0) is 56.2 Å². The number of carbonyl (C=O) groups is 3. The maximum absolute atomic E-state index is 12.4. The molecule has 1 aliphatic carbocycles. The third kappa shape index (κ3) is 4.88. The molecule has 0 bridgehead atoms. The molecule has 7 nitrogen and oxygen atoms in total. The number of nitrogens with one attached hydrogen (secondary N) is 1. The van der Waals surface area contributed by atoms with Gasteiger partial charge in [-0.3, -0.25) is 9.59 Å². The summed E-state index contributed by atoms with van der Waals surface area (Å²) in [5.74, 6) is -0.569. The van der Waals surface area contributed by atoms with Crippen molar-refractivity contribution >= 4 is 17.8 Å². The monoisotopic (exact) mass is 382 g/mol. The minimum Gasteiger partial charge on any atom is -0.480 e. The number of nitrogens with zero attached hydrogens (tertiary/aromatic N) is 1. The molecule has 2 N–H and O–H groups in total. The Bertz CT molecular complexity index is 847. The zero-order valence-electron chi connectivity index (χ0n) is 15.5. The van der Waals surface area contributed by atoms with Gasteiger partial charge in [0.2, 0.25) is 5.91 Å². The Balaban J connectivity index is 1.55. The maximum Gasteiger partial charge on any atom is 0.326 e. The third-order valence-corrected chi connectivity index (χ3v) is 4.50. The van der Waals surface area contributed by atoms with Crippen molar-refractivity contribution < 1.29 is 24.2 Å². The van der Waals surface area contributed by atoms with Crippen LogP contribution in [-0.2, 0) is 9.59 Å². The fraction of sp³-hybridized carbons (Fsp3) is 0.286. The highest BCUT2D eigenvalue weighted by atomic mass is 16.5. The summed E-state index contributed by atoms with van der Waals surface area (Å²) in [7, 11) is 0. The zero-order chi connectivity index (χ0) is 20.1. The van der Waals surface area contributed by atoms with Crippen LogP contribution in [0.25, 0.3) is 0 Å². The van der Waals surface area contributed by atoms with Crippen molar-refractivity contribution in [3.8, 4) is 11.5 Å². The molecule has 146 valence electrons. The predicted octanol–water partition coefficient (Wildman–Crippen LogP) is 2.67. The second-order valence-electron chi connectivity index (χ2n) is 6.67. The van der Waals surface area contributed by atoms with Gasteiger partial charge >= 0.3 is 5.97 Å². The molecule has 0 spiro atoms. The summed E-state index contributed by atoms with van der Waals surface area (Å²) >= 11 is 0. The van der Waals surface area contributed by atoms with Crippen LogP contribution < -0.4 is 10.1 Å². The van der Waals surface area contributed by atoms with Gasteiger partial charge < -0.3 is 20.1 Å². The molecule has 2 aromatic carbocycles. The number of hydrogen-bond acceptors (Lipinski definition) is 4. The van der Waals surface area contributed by atoms with Gasteiger partial charge in [0, 0.05) is 11.6 Å². The SMILES string of the molecule is CC(C(=O)O)N(C(=O)CNC(=O)c1ccc(Oc2ccccc2)cc1)C1CC1. The Kier molecular flexibility index (Phi) is 5.93. The molecule has 7 heteroatoms. The summed E-state index contributed by atoms with van der Waals surface area (Å²) in [5, 5.41) is 11.7. The fourth-order valence-corrected chi connectivity index (χ4v) is 2.86. The Morgan fingerprint density at radius 1 is 1.07 bits per heavy atom. The molecule has 1 saturated carbocycles. The van der Waals surface area contributed by atoms with E-state index in [2.05, 4.69) is 5.32 Å². The molecule has 28 heavy (non-hydrogen) atoms. The number of carboxylic acid groups (broad SMARTS) is 1. The minimum absolute atomic E-state index is 0.0510. The van der Waals surface area contributed by atoms with Crippen LogP contribution in [-0.4, -0.2) is 46.4 Å². The summed E-state index contributed by atoms with van der Waals surface area (Å²) in [4.78, 5) is 37.2. The van der Waals surface area contributed by atoms with Crippen LogP contribution in [0.15, 0.2) is 54.6 Å². The number of benzene rings is 2. The lowest BCUT2D eigenvalue weighted by molar-refractivity contribution is -0.149. The first-order valence-electron chi connectivity index (χ1n) is 9.11. The van der Waals surface area contributed by atoms with Gasteiger partial charge in [-0.2, -0.15) is 0 Å². The van der Waals surface area contributed by atoms with Crippen molar-refractivity contribution in [3.05, 3.63) is 60.2 Å². The highest BCUT2D eigenvalue weighted by Gasteiger charge is 2.38. The standard InChI is InChI=1S/C21H22N2O5/c1-14(21(26)27)23(16-9-10-16)19(24)13-22-20(25)15-7-11-18(12-8-15)28-17-5-3-2-4-6-17/h2-8,11-12,14,16H,9-10,13H2,1H3,(H,22,25)(H,26,27). The van der Waals surface area contributed by atoms with E-state index in [0.717, 1.165) is 12.8 Å². The molecule has 0 heterocycles. The number of para-hydroxylation sites is 1. The molecule has 1 unspecified atom stereocenters. The smallest absolute Gasteiger partial charge is 0.326 e. The lowest BCUT2D eigenvalue weighted by Gasteiger charge is -2.26. The van der Waals surface area contributed by atoms with E-state index in [1.807, 2.05) is 30.3 Å². The van der Waals surface area contributed by atoms with Crippen molar-refractivity contribution in [3.63, 3.8) is 0 Å². The second kappa shape index (κ2) is 8.56. The van der Waals surface area contributed by atoms with Crippen molar-refractivity contribution in [2.45, 2.75) is 31.8 Å². The van der Waals surface area contributed by atoms with Crippen LogP contribution in [0.5, 0.6) is 11.5 Å². The van der Waals surface area contributed by atoms with Gasteiger partial charge in [0.05, 0.1) is 6.54 Å². The van der Waals surface area contributed by atoms with Crippen molar-refractivity contribution in [2.75, 3.05) is 6.54 Å². The Morgan fingerprint density at radius 3 is 2.25 bits per heavy atom. The van der Waals surface area contributed by atoms with Crippen LogP contribution in [0.3, 0.4) is 0 Å². The summed E-state index contributed by atoms with van der Waals surface area (Å²) in [6.07, 6.45) is 1.58. The molecule has 3 rings (SSSR count). The molecule has 2 aromatic rings. The molecule has 0 aromatic heterocycles. The van der Waals surface area contributed by atoms with E-state index >= 15 is 0 Å². The maximum atomic E-state index is 12.4. The summed E-state index contributed by atoms with van der Waals surface area (Å²) < 4.78 is 5.68. The van der Waals surface area contributed by atoms with E-state index in [9.17, 15) is 19.5 Å². The van der Waals surface area contributed by atoms with Gasteiger partial charge in [-0.1, -0.05) is 18.2 Å². The minimum atomic E-state index is -1.06. The van der Waals surface area contributed by atoms with E-state index in [4.69, 9.17) is 4.74 Å². The highest BCUT2D eigenvalue weighted by molar-refractivity contribution is 5.97.